The fourth-order valence-corrected chi connectivity index (χ4v) is 3.31. The van der Waals surface area contributed by atoms with E-state index in [0.717, 1.165) is 18.8 Å². The van der Waals surface area contributed by atoms with Gasteiger partial charge in [-0.2, -0.15) is 5.10 Å². The first kappa shape index (κ1) is 17.2. The van der Waals surface area contributed by atoms with Gasteiger partial charge in [0.2, 0.25) is 0 Å². The molecule has 1 saturated heterocycles. The van der Waals surface area contributed by atoms with Gasteiger partial charge in [-0.1, -0.05) is 30.3 Å². The average molecular weight is 364 g/mol. The predicted octanol–water partition coefficient (Wildman–Crippen LogP) is 2.02. The third-order valence-electron chi connectivity index (χ3n) is 4.68. The maximum absolute atomic E-state index is 13.0. The summed E-state index contributed by atoms with van der Waals surface area (Å²) in [7, 11) is 1.55. The highest BCUT2D eigenvalue weighted by molar-refractivity contribution is 6.12. The Kier molecular flexibility index (Phi) is 4.60. The number of benzene rings is 2. The molecule has 0 bridgehead atoms. The van der Waals surface area contributed by atoms with Gasteiger partial charge in [0.05, 0.1) is 30.0 Å². The molecular weight excluding hydrogens is 344 g/mol. The SMILES string of the molecule is Cn1nc(C(=O)Nc2ccccc2N2CCOCC2)c2ccccc2c1=O. The van der Waals surface area contributed by atoms with Crippen LogP contribution in [-0.4, -0.2) is 42.0 Å². The molecule has 1 aliphatic rings. The molecule has 0 spiro atoms. The molecule has 2 aromatic carbocycles. The topological polar surface area (TPSA) is 76.5 Å². The van der Waals surface area contributed by atoms with Crippen LogP contribution >= 0.6 is 0 Å². The maximum atomic E-state index is 13.0. The van der Waals surface area contributed by atoms with Crippen molar-refractivity contribution in [2.24, 2.45) is 7.05 Å². The number of nitrogens with one attached hydrogen (secondary N) is 1. The summed E-state index contributed by atoms with van der Waals surface area (Å²) >= 11 is 0. The number of ether oxygens (including phenoxy) is 1. The van der Waals surface area contributed by atoms with Crippen molar-refractivity contribution in [3.05, 3.63) is 64.6 Å². The molecule has 0 saturated carbocycles. The Labute approximate surface area is 156 Å². The molecular formula is C20H20N4O3. The van der Waals surface area contributed by atoms with Gasteiger partial charge < -0.3 is 15.0 Å². The van der Waals surface area contributed by atoms with Crippen molar-refractivity contribution in [2.75, 3.05) is 36.5 Å². The van der Waals surface area contributed by atoms with Crippen LogP contribution < -0.4 is 15.8 Å². The first-order valence-electron chi connectivity index (χ1n) is 8.84. The molecule has 1 aromatic heterocycles. The Morgan fingerprint density at radius 2 is 1.70 bits per heavy atom. The van der Waals surface area contributed by atoms with E-state index in [2.05, 4.69) is 15.3 Å². The van der Waals surface area contributed by atoms with E-state index in [9.17, 15) is 9.59 Å². The molecule has 0 atom stereocenters. The molecule has 27 heavy (non-hydrogen) atoms. The lowest BCUT2D eigenvalue weighted by Crippen LogP contribution is -2.36. The van der Waals surface area contributed by atoms with E-state index in [0.29, 0.717) is 29.7 Å². The molecule has 1 aliphatic heterocycles. The van der Waals surface area contributed by atoms with Gasteiger partial charge in [-0.25, -0.2) is 4.68 Å². The zero-order chi connectivity index (χ0) is 18.8. The number of amides is 1. The van der Waals surface area contributed by atoms with Crippen LogP contribution in [-0.2, 0) is 11.8 Å². The molecule has 0 unspecified atom stereocenters. The quantitative estimate of drug-likeness (QED) is 0.769. The van der Waals surface area contributed by atoms with E-state index in [1.807, 2.05) is 24.3 Å². The number of nitrogens with zero attached hydrogens (tertiary/aromatic N) is 3. The van der Waals surface area contributed by atoms with Gasteiger partial charge in [0.25, 0.3) is 11.5 Å². The Balaban J connectivity index is 1.71. The van der Waals surface area contributed by atoms with Crippen LogP contribution in [0.3, 0.4) is 0 Å². The zero-order valence-electron chi connectivity index (χ0n) is 15.0. The first-order valence-corrected chi connectivity index (χ1v) is 8.84. The van der Waals surface area contributed by atoms with Crippen molar-refractivity contribution < 1.29 is 9.53 Å². The van der Waals surface area contributed by atoms with Crippen LogP contribution in [0, 0.1) is 0 Å². The fraction of sp³-hybridized carbons (Fsp3) is 0.250. The highest BCUT2D eigenvalue weighted by Gasteiger charge is 2.19. The second-order valence-corrected chi connectivity index (χ2v) is 6.39. The van der Waals surface area contributed by atoms with Crippen molar-refractivity contribution in [3.8, 4) is 0 Å². The van der Waals surface area contributed by atoms with Gasteiger partial charge in [-0.05, 0) is 18.2 Å². The van der Waals surface area contributed by atoms with Gasteiger partial charge in [-0.15, -0.1) is 0 Å². The monoisotopic (exact) mass is 364 g/mol. The number of anilines is 2. The number of aromatic nitrogens is 2. The Bertz CT molecular complexity index is 1050. The number of morpholine rings is 1. The van der Waals surface area contributed by atoms with Gasteiger partial charge >= 0.3 is 0 Å². The predicted molar refractivity (Wildman–Crippen MR) is 104 cm³/mol. The van der Waals surface area contributed by atoms with Crippen molar-refractivity contribution in [2.45, 2.75) is 0 Å². The van der Waals surface area contributed by atoms with Crippen molar-refractivity contribution in [1.29, 1.82) is 0 Å². The van der Waals surface area contributed by atoms with Gasteiger partial charge in [0.1, 0.15) is 0 Å². The van der Waals surface area contributed by atoms with E-state index < -0.39 is 0 Å². The molecule has 1 N–H and O–H groups in total. The van der Waals surface area contributed by atoms with Gasteiger partial charge in [0.15, 0.2) is 5.69 Å². The molecule has 2 heterocycles. The number of aryl methyl sites for hydroxylation is 1. The molecule has 1 fully saturated rings. The number of hydrogen-bond donors (Lipinski definition) is 1. The number of rotatable bonds is 3. The minimum Gasteiger partial charge on any atom is -0.378 e. The third-order valence-corrected chi connectivity index (χ3v) is 4.68. The van der Waals surface area contributed by atoms with Crippen LogP contribution in [0.25, 0.3) is 10.8 Å². The first-order chi connectivity index (χ1) is 13.1. The summed E-state index contributed by atoms with van der Waals surface area (Å²) in [6.07, 6.45) is 0. The minimum atomic E-state index is -0.345. The lowest BCUT2D eigenvalue weighted by atomic mass is 10.1. The average Bonchev–Trinajstić information content (AvgIpc) is 2.72. The highest BCUT2D eigenvalue weighted by atomic mass is 16.5. The Hall–Kier alpha value is -3.19. The summed E-state index contributed by atoms with van der Waals surface area (Å²) in [6, 6.07) is 14.7. The van der Waals surface area contributed by atoms with Crippen molar-refractivity contribution >= 4 is 28.1 Å². The third kappa shape index (κ3) is 3.29. The summed E-state index contributed by atoms with van der Waals surface area (Å²) in [4.78, 5) is 27.5. The zero-order valence-corrected chi connectivity index (χ0v) is 15.0. The van der Waals surface area contributed by atoms with Crippen LogP contribution in [0.5, 0.6) is 0 Å². The summed E-state index contributed by atoms with van der Waals surface area (Å²) in [5.41, 5.74) is 1.66. The molecule has 4 rings (SSSR count). The maximum Gasteiger partial charge on any atom is 0.276 e. The molecule has 3 aromatic rings. The Morgan fingerprint density at radius 3 is 2.48 bits per heavy atom. The highest BCUT2D eigenvalue weighted by Crippen LogP contribution is 2.27. The largest absolute Gasteiger partial charge is 0.378 e. The van der Waals surface area contributed by atoms with Crippen LogP contribution in [0.2, 0.25) is 0 Å². The second kappa shape index (κ2) is 7.20. The van der Waals surface area contributed by atoms with Crippen molar-refractivity contribution in [3.63, 3.8) is 0 Å². The molecule has 7 nitrogen and oxygen atoms in total. The van der Waals surface area contributed by atoms with E-state index in [1.54, 1.807) is 31.3 Å². The normalized spacial score (nSPS) is 14.3. The lowest BCUT2D eigenvalue weighted by molar-refractivity contribution is 0.102. The van der Waals surface area contributed by atoms with Crippen molar-refractivity contribution in [1.82, 2.24) is 9.78 Å². The van der Waals surface area contributed by atoms with E-state index in [1.165, 1.54) is 4.68 Å². The summed E-state index contributed by atoms with van der Waals surface area (Å²) < 4.78 is 6.61. The lowest BCUT2D eigenvalue weighted by Gasteiger charge is -2.30. The second-order valence-electron chi connectivity index (χ2n) is 6.39. The van der Waals surface area contributed by atoms with Crippen LogP contribution in [0.4, 0.5) is 11.4 Å². The van der Waals surface area contributed by atoms with Crippen LogP contribution in [0.1, 0.15) is 10.5 Å². The number of carbonyl (C=O) groups is 1. The minimum absolute atomic E-state index is 0.226. The van der Waals surface area contributed by atoms with E-state index in [4.69, 9.17) is 4.74 Å². The smallest absolute Gasteiger partial charge is 0.276 e. The number of fused-ring (bicyclic) bond motifs is 1. The summed E-state index contributed by atoms with van der Waals surface area (Å²) in [5, 5.41) is 8.18. The number of para-hydroxylation sites is 2. The summed E-state index contributed by atoms with van der Waals surface area (Å²) in [6.45, 7) is 2.87. The number of hydrogen-bond acceptors (Lipinski definition) is 5. The molecule has 0 radical (unpaired) electrons. The van der Waals surface area contributed by atoms with Gasteiger partial charge in [0, 0.05) is 25.5 Å². The van der Waals surface area contributed by atoms with E-state index in [-0.39, 0.29) is 17.2 Å². The molecule has 0 aliphatic carbocycles. The molecule has 7 heteroatoms. The number of carbonyl (C=O) groups excluding carboxylic acids is 1. The van der Waals surface area contributed by atoms with E-state index >= 15 is 0 Å². The van der Waals surface area contributed by atoms with Gasteiger partial charge in [-0.3, -0.25) is 9.59 Å². The molecule has 138 valence electrons. The molecule has 1 amide bonds. The standard InChI is InChI=1S/C20H20N4O3/c1-23-20(26)15-7-3-2-6-14(15)18(22-23)19(25)21-16-8-4-5-9-17(16)24-10-12-27-13-11-24/h2-9H,10-13H2,1H3,(H,21,25). The Morgan fingerprint density at radius 1 is 1.04 bits per heavy atom. The fourth-order valence-electron chi connectivity index (χ4n) is 3.31. The van der Waals surface area contributed by atoms with Crippen LogP contribution in [0.15, 0.2) is 53.3 Å². The summed E-state index contributed by atoms with van der Waals surface area (Å²) in [5.74, 6) is -0.345.